The van der Waals surface area contributed by atoms with E-state index in [-0.39, 0.29) is 16.9 Å². The average Bonchev–Trinajstić information content (AvgIpc) is 2.61. The number of hydrogen-bond acceptors (Lipinski definition) is 4. The van der Waals surface area contributed by atoms with Crippen LogP contribution in [0.2, 0.25) is 0 Å². The van der Waals surface area contributed by atoms with Crippen LogP contribution >= 0.6 is 0 Å². The summed E-state index contributed by atoms with van der Waals surface area (Å²) in [6, 6.07) is 11.6. The molecule has 1 aliphatic rings. The molecular formula is C20H24N2O4S. The number of carbonyl (C=O) groups is 1. The van der Waals surface area contributed by atoms with E-state index >= 15 is 0 Å². The molecule has 1 aliphatic heterocycles. The molecule has 0 bridgehead atoms. The zero-order chi connectivity index (χ0) is 19.6. The fourth-order valence-electron chi connectivity index (χ4n) is 3.03. The molecule has 1 heterocycles. The van der Waals surface area contributed by atoms with Gasteiger partial charge in [0.05, 0.1) is 11.0 Å². The lowest BCUT2D eigenvalue weighted by molar-refractivity contribution is 0.0945. The standard InChI is InChI=1S/C20H24N2O4S/c1-13(2)26-17-7-4-15(5-8-17)14(3)22-27(24,25)18-9-6-16-10-11-21-20(23)19(16)12-18/h4-9,12-14,22H,10-11H2,1-3H3,(H,21,23). The zero-order valence-corrected chi connectivity index (χ0v) is 16.5. The van der Waals surface area contributed by atoms with Gasteiger partial charge in [-0.2, -0.15) is 0 Å². The van der Waals surface area contributed by atoms with Gasteiger partial charge in [-0.15, -0.1) is 0 Å². The van der Waals surface area contributed by atoms with Gasteiger partial charge in [0.1, 0.15) is 5.75 Å². The molecule has 0 saturated heterocycles. The Bertz CT molecular complexity index is 937. The van der Waals surface area contributed by atoms with Crippen LogP contribution in [0.15, 0.2) is 47.4 Å². The van der Waals surface area contributed by atoms with Crippen molar-refractivity contribution >= 4 is 15.9 Å². The van der Waals surface area contributed by atoms with Crippen LogP contribution < -0.4 is 14.8 Å². The maximum Gasteiger partial charge on any atom is 0.251 e. The minimum absolute atomic E-state index is 0.0768. The van der Waals surface area contributed by atoms with Crippen molar-refractivity contribution in [3.05, 3.63) is 59.2 Å². The van der Waals surface area contributed by atoms with Crippen LogP contribution in [-0.4, -0.2) is 27.0 Å². The van der Waals surface area contributed by atoms with Gasteiger partial charge >= 0.3 is 0 Å². The molecular weight excluding hydrogens is 364 g/mol. The van der Waals surface area contributed by atoms with Gasteiger partial charge in [-0.1, -0.05) is 18.2 Å². The van der Waals surface area contributed by atoms with Crippen molar-refractivity contribution in [3.8, 4) is 5.75 Å². The highest BCUT2D eigenvalue weighted by molar-refractivity contribution is 7.89. The van der Waals surface area contributed by atoms with E-state index in [9.17, 15) is 13.2 Å². The first-order chi connectivity index (χ1) is 12.8. The third kappa shape index (κ3) is 4.48. The monoisotopic (exact) mass is 388 g/mol. The van der Waals surface area contributed by atoms with Gasteiger partial charge in [-0.25, -0.2) is 13.1 Å². The lowest BCUT2D eigenvalue weighted by atomic mass is 10.0. The van der Waals surface area contributed by atoms with Crippen molar-refractivity contribution in [3.63, 3.8) is 0 Å². The number of ether oxygens (including phenoxy) is 1. The summed E-state index contributed by atoms with van der Waals surface area (Å²) >= 11 is 0. The summed E-state index contributed by atoms with van der Waals surface area (Å²) in [5, 5.41) is 2.74. The zero-order valence-electron chi connectivity index (χ0n) is 15.7. The van der Waals surface area contributed by atoms with Crippen LogP contribution in [0.3, 0.4) is 0 Å². The fraction of sp³-hybridized carbons (Fsp3) is 0.350. The predicted molar refractivity (Wildman–Crippen MR) is 103 cm³/mol. The SMILES string of the molecule is CC(C)Oc1ccc(C(C)NS(=O)(=O)c2ccc3c(c2)C(=O)NCC3)cc1. The van der Waals surface area contributed by atoms with Crippen molar-refractivity contribution in [2.45, 2.75) is 44.2 Å². The van der Waals surface area contributed by atoms with Crippen molar-refractivity contribution in [1.82, 2.24) is 10.0 Å². The first-order valence-corrected chi connectivity index (χ1v) is 10.4. The molecule has 0 radical (unpaired) electrons. The van der Waals surface area contributed by atoms with Gasteiger partial charge in [0.15, 0.2) is 0 Å². The molecule has 0 aromatic heterocycles. The highest BCUT2D eigenvalue weighted by Crippen LogP contribution is 2.23. The first kappa shape index (κ1) is 19.4. The molecule has 0 saturated carbocycles. The van der Waals surface area contributed by atoms with Crippen LogP contribution in [0.4, 0.5) is 0 Å². The highest BCUT2D eigenvalue weighted by atomic mass is 32.2. The second kappa shape index (κ2) is 7.70. The summed E-state index contributed by atoms with van der Waals surface area (Å²) in [5.74, 6) is 0.506. The van der Waals surface area contributed by atoms with E-state index < -0.39 is 16.1 Å². The van der Waals surface area contributed by atoms with Gasteiger partial charge in [0, 0.05) is 18.2 Å². The van der Waals surface area contributed by atoms with Crippen LogP contribution in [0.1, 0.15) is 48.3 Å². The number of sulfonamides is 1. The molecule has 0 aliphatic carbocycles. The van der Waals surface area contributed by atoms with Crippen LogP contribution in [0.25, 0.3) is 0 Å². The molecule has 0 spiro atoms. The van der Waals surface area contributed by atoms with Gasteiger partial charge in [0.25, 0.3) is 5.91 Å². The van der Waals surface area contributed by atoms with Crippen molar-refractivity contribution < 1.29 is 17.9 Å². The fourth-order valence-corrected chi connectivity index (χ4v) is 4.29. The second-order valence-corrected chi connectivity index (χ2v) is 8.62. The predicted octanol–water partition coefficient (Wildman–Crippen LogP) is 2.80. The van der Waals surface area contributed by atoms with Gasteiger partial charge in [-0.05, 0) is 62.6 Å². The lowest BCUT2D eigenvalue weighted by Crippen LogP contribution is -2.32. The Morgan fingerprint density at radius 2 is 1.78 bits per heavy atom. The van der Waals surface area contributed by atoms with E-state index in [1.54, 1.807) is 19.1 Å². The third-order valence-electron chi connectivity index (χ3n) is 4.40. The van der Waals surface area contributed by atoms with Gasteiger partial charge in [0.2, 0.25) is 10.0 Å². The van der Waals surface area contributed by atoms with Gasteiger partial charge < -0.3 is 10.1 Å². The minimum Gasteiger partial charge on any atom is -0.491 e. The highest BCUT2D eigenvalue weighted by Gasteiger charge is 2.23. The molecule has 144 valence electrons. The van der Waals surface area contributed by atoms with E-state index in [0.29, 0.717) is 18.5 Å². The number of amides is 1. The third-order valence-corrected chi connectivity index (χ3v) is 5.94. The maximum absolute atomic E-state index is 12.8. The summed E-state index contributed by atoms with van der Waals surface area (Å²) in [4.78, 5) is 12.1. The summed E-state index contributed by atoms with van der Waals surface area (Å²) < 4.78 is 33.8. The largest absolute Gasteiger partial charge is 0.491 e. The van der Waals surface area contributed by atoms with Gasteiger partial charge in [-0.3, -0.25) is 4.79 Å². The maximum atomic E-state index is 12.8. The Hall–Kier alpha value is -2.38. The molecule has 7 heteroatoms. The Balaban J connectivity index is 1.78. The normalized spacial score (nSPS) is 15.2. The van der Waals surface area contributed by atoms with Crippen LogP contribution in [0.5, 0.6) is 5.75 Å². The number of fused-ring (bicyclic) bond motifs is 1. The Morgan fingerprint density at radius 1 is 1.07 bits per heavy atom. The van der Waals surface area contributed by atoms with E-state index in [1.165, 1.54) is 6.07 Å². The number of carbonyl (C=O) groups excluding carboxylic acids is 1. The van der Waals surface area contributed by atoms with E-state index in [2.05, 4.69) is 10.0 Å². The topological polar surface area (TPSA) is 84.5 Å². The Kier molecular flexibility index (Phi) is 5.53. The Morgan fingerprint density at radius 3 is 2.44 bits per heavy atom. The number of benzene rings is 2. The molecule has 27 heavy (non-hydrogen) atoms. The second-order valence-electron chi connectivity index (χ2n) is 6.90. The van der Waals surface area contributed by atoms with E-state index in [0.717, 1.165) is 16.9 Å². The quantitative estimate of drug-likeness (QED) is 0.797. The Labute approximate surface area is 160 Å². The van der Waals surface area contributed by atoms with Crippen molar-refractivity contribution in [2.24, 2.45) is 0 Å². The van der Waals surface area contributed by atoms with Crippen molar-refractivity contribution in [1.29, 1.82) is 0 Å². The molecule has 1 atom stereocenters. The summed E-state index contributed by atoms with van der Waals surface area (Å²) in [6.07, 6.45) is 0.781. The number of rotatable bonds is 6. The molecule has 1 amide bonds. The van der Waals surface area contributed by atoms with Crippen LogP contribution in [-0.2, 0) is 16.4 Å². The molecule has 3 rings (SSSR count). The summed E-state index contributed by atoms with van der Waals surface area (Å²) in [6.45, 7) is 6.25. The first-order valence-electron chi connectivity index (χ1n) is 8.96. The number of hydrogen-bond donors (Lipinski definition) is 2. The molecule has 6 nitrogen and oxygen atoms in total. The van der Waals surface area contributed by atoms with E-state index in [4.69, 9.17) is 4.74 Å². The minimum atomic E-state index is -3.75. The lowest BCUT2D eigenvalue weighted by Gasteiger charge is -2.19. The molecule has 1 unspecified atom stereocenters. The smallest absolute Gasteiger partial charge is 0.251 e. The van der Waals surface area contributed by atoms with E-state index in [1.807, 2.05) is 38.1 Å². The molecule has 2 N–H and O–H groups in total. The summed E-state index contributed by atoms with van der Waals surface area (Å²) in [5.41, 5.74) is 2.11. The molecule has 0 fully saturated rings. The van der Waals surface area contributed by atoms with Crippen molar-refractivity contribution in [2.75, 3.05) is 6.54 Å². The molecule has 2 aromatic carbocycles. The number of nitrogens with one attached hydrogen (secondary N) is 2. The average molecular weight is 388 g/mol. The summed E-state index contributed by atoms with van der Waals surface area (Å²) in [7, 11) is -3.75. The molecule has 2 aromatic rings. The van der Waals surface area contributed by atoms with Crippen LogP contribution in [0, 0.1) is 0 Å².